The number of aliphatic hydroxyl groups is 1. The number of nitrogens with two attached hydrogens (primary N) is 1. The highest BCUT2D eigenvalue weighted by molar-refractivity contribution is 7.52. The van der Waals surface area contributed by atoms with Crippen LogP contribution in [-0.4, -0.2) is 78.6 Å². The summed E-state index contributed by atoms with van der Waals surface area (Å²) in [6.45, 7) is 3.65. The minimum absolute atomic E-state index is 0.0586. The van der Waals surface area contributed by atoms with Crippen molar-refractivity contribution in [3.05, 3.63) is 36.7 Å². The third-order valence-electron chi connectivity index (χ3n) is 6.92. The second-order valence-electron chi connectivity index (χ2n) is 10.9. The van der Waals surface area contributed by atoms with Crippen molar-refractivity contribution in [1.29, 1.82) is 0 Å². The lowest BCUT2D eigenvalue weighted by Crippen LogP contribution is -2.53. The average molecular weight is 678 g/mol. The fourth-order valence-corrected chi connectivity index (χ4v) is 6.39. The SMILES string of the molecule is CC(C)OC(=O)C(C)NP(=O)(OC[C@H]1O[C@@H](n2cnc3c(NC4CC4)nc(N)nc32)[C@@](Cl)(C(F)(F)F)[C@@H]1O)Oc1ccccc1. The summed E-state index contributed by atoms with van der Waals surface area (Å²) in [5.41, 5.74) is 5.83. The number of halogens is 4. The Morgan fingerprint density at radius 3 is 2.58 bits per heavy atom. The molecule has 6 atom stereocenters. The molecule has 5 rings (SSSR count). The van der Waals surface area contributed by atoms with Crippen molar-refractivity contribution in [2.75, 3.05) is 17.7 Å². The first-order valence-corrected chi connectivity index (χ1v) is 15.9. The maximum absolute atomic E-state index is 14.6. The summed E-state index contributed by atoms with van der Waals surface area (Å²) >= 11 is 6.21. The number of nitrogen functional groups attached to an aromatic ring is 1. The molecule has 2 fully saturated rings. The molecule has 19 heteroatoms. The molecule has 1 saturated carbocycles. The molecule has 14 nitrogen and oxygen atoms in total. The monoisotopic (exact) mass is 677 g/mol. The van der Waals surface area contributed by atoms with Crippen LogP contribution in [0.3, 0.4) is 0 Å². The molecule has 0 radical (unpaired) electrons. The number of aliphatic hydroxyl groups excluding tert-OH is 1. The Kier molecular flexibility index (Phi) is 9.23. The number of rotatable bonds is 12. The van der Waals surface area contributed by atoms with Crippen molar-refractivity contribution in [3.63, 3.8) is 0 Å². The molecule has 5 N–H and O–H groups in total. The molecule has 45 heavy (non-hydrogen) atoms. The zero-order valence-electron chi connectivity index (χ0n) is 24.3. The fraction of sp³-hybridized carbons (Fsp3) is 0.538. The molecule has 2 unspecified atom stereocenters. The van der Waals surface area contributed by atoms with Crippen LogP contribution in [0.2, 0.25) is 0 Å². The number of hydrogen-bond donors (Lipinski definition) is 4. The summed E-state index contributed by atoms with van der Waals surface area (Å²) in [4.78, 5) is 21.3. The van der Waals surface area contributed by atoms with Gasteiger partial charge in [-0.1, -0.05) is 18.2 Å². The Balaban J connectivity index is 1.43. The molecule has 0 spiro atoms. The number of fused-ring (bicyclic) bond motifs is 1. The largest absolute Gasteiger partial charge is 0.462 e. The van der Waals surface area contributed by atoms with Crippen molar-refractivity contribution < 1.29 is 46.2 Å². The topological polar surface area (TPSA) is 185 Å². The molecule has 0 bridgehead atoms. The second-order valence-corrected chi connectivity index (χ2v) is 13.3. The molecule has 0 amide bonds. The van der Waals surface area contributed by atoms with Crippen molar-refractivity contribution in [3.8, 4) is 5.75 Å². The predicted octanol–water partition coefficient (Wildman–Crippen LogP) is 3.91. The molecule has 1 saturated heterocycles. The third kappa shape index (κ3) is 6.98. The number of nitrogens with zero attached hydrogens (tertiary/aromatic N) is 4. The van der Waals surface area contributed by atoms with Gasteiger partial charge in [0.25, 0.3) is 0 Å². The van der Waals surface area contributed by atoms with Crippen molar-refractivity contribution >= 4 is 48.2 Å². The van der Waals surface area contributed by atoms with E-state index >= 15 is 0 Å². The van der Waals surface area contributed by atoms with Gasteiger partial charge in [-0.25, -0.2) is 9.55 Å². The highest BCUT2D eigenvalue weighted by atomic mass is 35.5. The van der Waals surface area contributed by atoms with Gasteiger partial charge in [0.2, 0.25) is 10.8 Å². The predicted molar refractivity (Wildman–Crippen MR) is 155 cm³/mol. The maximum Gasteiger partial charge on any atom is 0.459 e. The van der Waals surface area contributed by atoms with E-state index in [-0.39, 0.29) is 34.7 Å². The number of anilines is 2. The number of nitrogens with one attached hydrogen (secondary N) is 2. The first kappa shape index (κ1) is 33.2. The van der Waals surface area contributed by atoms with E-state index in [0.29, 0.717) is 0 Å². The lowest BCUT2D eigenvalue weighted by molar-refractivity contribution is -0.195. The quantitative estimate of drug-likeness (QED) is 0.123. The molecule has 2 aromatic heterocycles. The van der Waals surface area contributed by atoms with Crippen molar-refractivity contribution in [1.82, 2.24) is 24.6 Å². The van der Waals surface area contributed by atoms with E-state index in [9.17, 15) is 27.6 Å². The minimum atomic E-state index is -5.24. The van der Waals surface area contributed by atoms with E-state index in [4.69, 9.17) is 35.9 Å². The van der Waals surface area contributed by atoms with Gasteiger partial charge in [-0.3, -0.25) is 13.9 Å². The van der Waals surface area contributed by atoms with E-state index in [1.165, 1.54) is 19.1 Å². The molecule has 2 aliphatic rings. The van der Waals surface area contributed by atoms with Crippen molar-refractivity contribution in [2.45, 2.75) is 81.3 Å². The van der Waals surface area contributed by atoms with E-state index in [1.807, 2.05) is 0 Å². The number of carbonyl (C=O) groups excluding carboxylic acids is 1. The van der Waals surface area contributed by atoms with Gasteiger partial charge in [0.15, 0.2) is 23.2 Å². The molecule has 1 aliphatic carbocycles. The van der Waals surface area contributed by atoms with Gasteiger partial charge >= 0.3 is 19.9 Å². The van der Waals surface area contributed by atoms with Gasteiger partial charge in [-0.15, -0.1) is 11.6 Å². The van der Waals surface area contributed by atoms with Gasteiger partial charge in [0.05, 0.1) is 19.0 Å². The number of aromatic nitrogens is 4. The number of esters is 1. The van der Waals surface area contributed by atoms with Crippen molar-refractivity contribution in [2.24, 2.45) is 0 Å². The molecule has 246 valence electrons. The number of alkyl halides is 4. The summed E-state index contributed by atoms with van der Waals surface area (Å²) in [5.74, 6) is -0.751. The first-order valence-electron chi connectivity index (χ1n) is 13.9. The minimum Gasteiger partial charge on any atom is -0.462 e. The standard InChI is InChI=1S/C26H32ClF3N7O7P/c1-13(2)42-22(39)14(3)36-45(40,44-16-7-5-4-6-8-16)41-11-17-19(38)25(27,26(28,29)30)23(43-17)37-12-32-18-20(33-15-9-10-15)34-24(31)35-21(18)37/h4-8,12-15,17,19,23,38H,9-11H2,1-3H3,(H,36,40)(H3,31,33,34,35)/t14?,17-,19-,23-,25-,45?/m1/s1. The number of para-hydroxylation sites is 1. The van der Waals surface area contributed by atoms with Crippen LogP contribution in [0.5, 0.6) is 5.75 Å². The molecule has 1 aliphatic heterocycles. The highest BCUT2D eigenvalue weighted by Gasteiger charge is 2.71. The summed E-state index contributed by atoms with van der Waals surface area (Å²) in [5, 5.41) is 16.5. The maximum atomic E-state index is 14.6. The van der Waals surface area contributed by atoms with Gasteiger partial charge < -0.3 is 30.2 Å². The van der Waals surface area contributed by atoms with Crippen LogP contribution < -0.4 is 20.7 Å². The van der Waals surface area contributed by atoms with E-state index < -0.39 is 62.0 Å². The second kappa shape index (κ2) is 12.5. The van der Waals surface area contributed by atoms with E-state index in [1.54, 1.807) is 32.0 Å². The average Bonchev–Trinajstić information content (AvgIpc) is 3.61. The summed E-state index contributed by atoms with van der Waals surface area (Å²) in [6.07, 6.45) is -9.35. The van der Waals surface area contributed by atoms with Crippen LogP contribution in [0.4, 0.5) is 24.9 Å². The van der Waals surface area contributed by atoms with Gasteiger partial charge in [0, 0.05) is 6.04 Å². The molecule has 1 aromatic carbocycles. The Labute approximate surface area is 260 Å². The van der Waals surface area contributed by atoms with Gasteiger partial charge in [-0.05, 0) is 45.7 Å². The van der Waals surface area contributed by atoms with Crippen LogP contribution >= 0.6 is 19.3 Å². The van der Waals surface area contributed by atoms with Crippen LogP contribution in [0.25, 0.3) is 11.2 Å². The molecule has 3 aromatic rings. The lowest BCUT2D eigenvalue weighted by atomic mass is 9.98. The zero-order valence-corrected chi connectivity index (χ0v) is 25.9. The van der Waals surface area contributed by atoms with Crippen LogP contribution in [0.15, 0.2) is 36.7 Å². The normalized spacial score (nSPS) is 25.7. The Bertz CT molecular complexity index is 1580. The zero-order chi connectivity index (χ0) is 32.7. The smallest absolute Gasteiger partial charge is 0.459 e. The number of hydrogen-bond acceptors (Lipinski definition) is 12. The summed E-state index contributed by atoms with van der Waals surface area (Å²) < 4.78 is 80.4. The Morgan fingerprint density at radius 1 is 1.27 bits per heavy atom. The molecular weight excluding hydrogens is 646 g/mol. The summed E-state index contributed by atoms with van der Waals surface area (Å²) in [7, 11) is -4.53. The van der Waals surface area contributed by atoms with E-state index in [2.05, 4.69) is 25.4 Å². The molecule has 3 heterocycles. The Hall–Kier alpha value is -3.21. The van der Waals surface area contributed by atoms with Gasteiger partial charge in [0.1, 0.15) is 24.0 Å². The van der Waals surface area contributed by atoms with E-state index in [0.717, 1.165) is 23.7 Å². The summed E-state index contributed by atoms with van der Waals surface area (Å²) in [6, 6.07) is 6.59. The molecular formula is C26H32ClF3N7O7P. The number of benzene rings is 1. The first-order chi connectivity index (χ1) is 21.1. The third-order valence-corrected chi connectivity index (χ3v) is 9.19. The van der Waals surface area contributed by atoms with Crippen LogP contribution in [0.1, 0.15) is 39.8 Å². The number of carbonyl (C=O) groups is 1. The number of imidazole rings is 1. The number of ether oxygens (including phenoxy) is 2. The fourth-order valence-electron chi connectivity index (χ4n) is 4.59. The lowest BCUT2D eigenvalue weighted by Gasteiger charge is -2.32. The Morgan fingerprint density at radius 2 is 1.96 bits per heavy atom. The van der Waals surface area contributed by atoms with Crippen LogP contribution in [-0.2, 0) is 23.4 Å². The highest BCUT2D eigenvalue weighted by Crippen LogP contribution is 2.55. The van der Waals surface area contributed by atoms with Crippen LogP contribution in [0, 0.1) is 0 Å². The van der Waals surface area contributed by atoms with Gasteiger partial charge in [-0.2, -0.15) is 28.2 Å².